The van der Waals surface area contributed by atoms with Crippen molar-refractivity contribution in [3.05, 3.63) is 112 Å². The SMILES string of the molecule is C\C=C/C(=C\C(C)=C\CC)c1ccc(CNc2ncnc(N3CCc4c(cccc4C4CN4)C3)c2C)cc1. The number of rotatable bonds is 9. The van der Waals surface area contributed by atoms with E-state index in [1.807, 2.05) is 0 Å². The maximum atomic E-state index is 4.69. The van der Waals surface area contributed by atoms with E-state index in [0.29, 0.717) is 6.04 Å². The van der Waals surface area contributed by atoms with E-state index in [4.69, 9.17) is 4.98 Å². The molecule has 2 aliphatic rings. The number of fused-ring (bicyclic) bond motifs is 1. The molecule has 5 heteroatoms. The van der Waals surface area contributed by atoms with E-state index in [1.54, 1.807) is 6.33 Å². The summed E-state index contributed by atoms with van der Waals surface area (Å²) < 4.78 is 0. The summed E-state index contributed by atoms with van der Waals surface area (Å²) in [5.74, 6) is 1.92. The van der Waals surface area contributed by atoms with Gasteiger partial charge in [0, 0.05) is 37.8 Å². The Morgan fingerprint density at radius 2 is 1.97 bits per heavy atom. The number of nitrogens with one attached hydrogen (secondary N) is 2. The summed E-state index contributed by atoms with van der Waals surface area (Å²) in [5, 5.41) is 7.02. The Labute approximate surface area is 227 Å². The fourth-order valence-electron chi connectivity index (χ4n) is 5.40. The fraction of sp³-hybridized carbons (Fsp3) is 0.333. The molecule has 3 heterocycles. The maximum absolute atomic E-state index is 4.69. The lowest BCUT2D eigenvalue weighted by Crippen LogP contribution is -2.32. The molecule has 5 nitrogen and oxygen atoms in total. The molecule has 1 unspecified atom stereocenters. The van der Waals surface area contributed by atoms with E-state index in [0.717, 1.165) is 56.2 Å². The highest BCUT2D eigenvalue weighted by molar-refractivity contribution is 5.76. The minimum atomic E-state index is 0.551. The van der Waals surface area contributed by atoms with E-state index in [2.05, 4.69) is 115 Å². The normalized spacial score (nSPS) is 17.6. The van der Waals surface area contributed by atoms with E-state index in [9.17, 15) is 0 Å². The molecule has 1 aromatic heterocycles. The Kier molecular flexibility index (Phi) is 8.04. The fourth-order valence-corrected chi connectivity index (χ4v) is 5.40. The summed E-state index contributed by atoms with van der Waals surface area (Å²) in [6.45, 7) is 12.2. The Bertz CT molecular complexity index is 1360. The predicted molar refractivity (Wildman–Crippen MR) is 159 cm³/mol. The minimum absolute atomic E-state index is 0.551. The van der Waals surface area contributed by atoms with Crippen molar-refractivity contribution in [3.63, 3.8) is 0 Å². The van der Waals surface area contributed by atoms with Crippen LogP contribution in [-0.2, 0) is 19.5 Å². The zero-order valence-corrected chi connectivity index (χ0v) is 23.1. The monoisotopic (exact) mass is 505 g/mol. The molecule has 0 spiro atoms. The zero-order chi connectivity index (χ0) is 26.5. The Morgan fingerprint density at radius 3 is 2.71 bits per heavy atom. The molecule has 1 fully saturated rings. The third-order valence-electron chi connectivity index (χ3n) is 7.45. The van der Waals surface area contributed by atoms with Crippen LogP contribution in [0.5, 0.6) is 0 Å². The molecule has 1 saturated heterocycles. The quantitative estimate of drug-likeness (QED) is 0.244. The first-order valence-electron chi connectivity index (χ1n) is 13.8. The van der Waals surface area contributed by atoms with Crippen LogP contribution >= 0.6 is 0 Å². The van der Waals surface area contributed by atoms with E-state index in [-0.39, 0.29) is 0 Å². The van der Waals surface area contributed by atoms with Crippen LogP contribution in [0.15, 0.2) is 78.7 Å². The van der Waals surface area contributed by atoms with Gasteiger partial charge in [0.15, 0.2) is 0 Å². The largest absolute Gasteiger partial charge is 0.366 e. The van der Waals surface area contributed by atoms with Crippen LogP contribution in [0.4, 0.5) is 11.6 Å². The van der Waals surface area contributed by atoms with Crippen LogP contribution in [0, 0.1) is 6.92 Å². The summed E-state index contributed by atoms with van der Waals surface area (Å²) >= 11 is 0. The summed E-state index contributed by atoms with van der Waals surface area (Å²) in [6.07, 6.45) is 12.6. The van der Waals surface area contributed by atoms with Crippen molar-refractivity contribution in [1.82, 2.24) is 15.3 Å². The summed E-state index contributed by atoms with van der Waals surface area (Å²) in [6, 6.07) is 16.1. The lowest BCUT2D eigenvalue weighted by molar-refractivity contribution is 0.708. The van der Waals surface area contributed by atoms with Gasteiger partial charge in [-0.3, -0.25) is 0 Å². The second-order valence-corrected chi connectivity index (χ2v) is 10.3. The lowest BCUT2D eigenvalue weighted by atomic mass is 9.93. The highest BCUT2D eigenvalue weighted by Crippen LogP contribution is 2.33. The van der Waals surface area contributed by atoms with Gasteiger partial charge < -0.3 is 15.5 Å². The van der Waals surface area contributed by atoms with Gasteiger partial charge in [0.1, 0.15) is 18.0 Å². The van der Waals surface area contributed by atoms with E-state index >= 15 is 0 Å². The number of benzene rings is 2. The van der Waals surface area contributed by atoms with Gasteiger partial charge in [0.05, 0.1) is 0 Å². The van der Waals surface area contributed by atoms with Crippen LogP contribution in [0.3, 0.4) is 0 Å². The predicted octanol–water partition coefficient (Wildman–Crippen LogP) is 6.92. The number of hydrogen-bond donors (Lipinski definition) is 2. The van der Waals surface area contributed by atoms with Crippen LogP contribution < -0.4 is 15.5 Å². The standard InChI is InChI=1S/C33H39N5/c1-5-8-23(3)18-27(9-6-2)26-14-12-25(13-15-26)19-35-32-24(4)33(37-22-36-32)38-17-16-29-28(21-38)10-7-11-30(29)31-20-34-31/h6-15,18,22,31,34H,5,16-17,19-21H2,1-4H3,(H,35,36,37)/b9-6-,23-8+,27-18+. The summed E-state index contributed by atoms with van der Waals surface area (Å²) in [4.78, 5) is 11.7. The number of hydrogen-bond acceptors (Lipinski definition) is 5. The van der Waals surface area contributed by atoms with Crippen LogP contribution in [0.25, 0.3) is 5.57 Å². The minimum Gasteiger partial charge on any atom is -0.366 e. The molecule has 2 aliphatic heterocycles. The van der Waals surface area contributed by atoms with Crippen molar-refractivity contribution >= 4 is 17.2 Å². The van der Waals surface area contributed by atoms with E-state index in [1.165, 1.54) is 39.0 Å². The molecule has 2 aromatic carbocycles. The summed E-state index contributed by atoms with van der Waals surface area (Å²) in [7, 11) is 0. The average Bonchev–Trinajstić information content (AvgIpc) is 3.78. The van der Waals surface area contributed by atoms with Crippen molar-refractivity contribution in [1.29, 1.82) is 0 Å². The third-order valence-corrected chi connectivity index (χ3v) is 7.45. The average molecular weight is 506 g/mol. The van der Waals surface area contributed by atoms with Crippen molar-refractivity contribution in [2.45, 2.75) is 59.7 Å². The van der Waals surface area contributed by atoms with Gasteiger partial charge in [-0.2, -0.15) is 0 Å². The molecule has 196 valence electrons. The van der Waals surface area contributed by atoms with Gasteiger partial charge in [-0.25, -0.2) is 9.97 Å². The lowest BCUT2D eigenvalue weighted by Gasteiger charge is -2.32. The van der Waals surface area contributed by atoms with Crippen LogP contribution in [-0.4, -0.2) is 23.1 Å². The van der Waals surface area contributed by atoms with Crippen molar-refractivity contribution < 1.29 is 0 Å². The van der Waals surface area contributed by atoms with Gasteiger partial charge in [0.25, 0.3) is 0 Å². The maximum Gasteiger partial charge on any atom is 0.137 e. The van der Waals surface area contributed by atoms with Crippen molar-refractivity contribution in [3.8, 4) is 0 Å². The summed E-state index contributed by atoms with van der Waals surface area (Å²) in [5.41, 5.74) is 10.5. The topological polar surface area (TPSA) is 63.0 Å². The van der Waals surface area contributed by atoms with Gasteiger partial charge in [-0.15, -0.1) is 0 Å². The molecule has 38 heavy (non-hydrogen) atoms. The molecule has 0 bridgehead atoms. The first-order chi connectivity index (χ1) is 18.6. The Balaban J connectivity index is 1.27. The molecular weight excluding hydrogens is 466 g/mol. The van der Waals surface area contributed by atoms with Crippen LogP contribution in [0.1, 0.15) is 66.6 Å². The molecule has 0 aliphatic carbocycles. The Hall–Kier alpha value is -3.70. The molecule has 1 atom stereocenters. The third kappa shape index (κ3) is 5.89. The van der Waals surface area contributed by atoms with Gasteiger partial charge in [-0.05, 0) is 67.0 Å². The number of nitrogens with zero attached hydrogens (tertiary/aromatic N) is 3. The zero-order valence-electron chi connectivity index (χ0n) is 23.1. The second-order valence-electron chi connectivity index (χ2n) is 10.3. The van der Waals surface area contributed by atoms with Gasteiger partial charge >= 0.3 is 0 Å². The molecule has 0 saturated carbocycles. The highest BCUT2D eigenvalue weighted by atomic mass is 15.2. The second kappa shape index (κ2) is 11.8. The smallest absolute Gasteiger partial charge is 0.137 e. The molecule has 5 rings (SSSR count). The van der Waals surface area contributed by atoms with Crippen LogP contribution in [0.2, 0.25) is 0 Å². The molecule has 0 amide bonds. The van der Waals surface area contributed by atoms with Crippen molar-refractivity contribution in [2.24, 2.45) is 0 Å². The molecule has 2 N–H and O–H groups in total. The first-order valence-corrected chi connectivity index (χ1v) is 13.8. The first kappa shape index (κ1) is 25.9. The van der Waals surface area contributed by atoms with Gasteiger partial charge in [-0.1, -0.05) is 79.3 Å². The molecular formula is C33H39N5. The molecule has 0 radical (unpaired) electrons. The highest BCUT2D eigenvalue weighted by Gasteiger charge is 2.29. The molecule has 3 aromatic rings. The van der Waals surface area contributed by atoms with E-state index < -0.39 is 0 Å². The number of allylic oxidation sites excluding steroid dienone is 6. The van der Waals surface area contributed by atoms with Gasteiger partial charge in [0.2, 0.25) is 0 Å². The number of anilines is 2. The Morgan fingerprint density at radius 1 is 1.16 bits per heavy atom. The van der Waals surface area contributed by atoms with Crippen molar-refractivity contribution in [2.75, 3.05) is 23.3 Å². The number of aromatic nitrogens is 2.